The zero-order chi connectivity index (χ0) is 15.0. The van der Waals surface area contributed by atoms with Crippen LogP contribution in [-0.2, 0) is 0 Å². The van der Waals surface area contributed by atoms with E-state index in [0.29, 0.717) is 16.8 Å². The molecule has 0 fully saturated rings. The van der Waals surface area contributed by atoms with Crippen LogP contribution < -0.4 is 10.3 Å². The number of aromatic nitrogens is 1. The summed E-state index contributed by atoms with van der Waals surface area (Å²) in [6, 6.07) is 12.3. The highest BCUT2D eigenvalue weighted by Gasteiger charge is 2.16. The molecule has 0 saturated carbocycles. The molecule has 0 aliphatic rings. The van der Waals surface area contributed by atoms with Gasteiger partial charge in [-0.05, 0) is 40.2 Å². The minimum Gasteiger partial charge on any atom is -0.495 e. The first-order chi connectivity index (χ1) is 10.1. The quantitative estimate of drug-likeness (QED) is 0.703. The molecule has 3 aromatic rings. The maximum absolute atomic E-state index is 14.4. The van der Waals surface area contributed by atoms with E-state index >= 15 is 0 Å². The largest absolute Gasteiger partial charge is 0.495 e. The standard InChI is InChI=1S/C16H11BrFNO2/c1-21-13-9-19(10-5-3-2-4-6-10)16(20)14-11(13)7-8-12(17)15(14)18/h2-9H,1H3. The maximum atomic E-state index is 14.4. The Labute approximate surface area is 128 Å². The van der Waals surface area contributed by atoms with Gasteiger partial charge in [0.2, 0.25) is 0 Å². The Kier molecular flexibility index (Phi) is 3.51. The predicted octanol–water partition coefficient (Wildman–Crippen LogP) is 3.90. The molecule has 3 nitrogen and oxygen atoms in total. The Morgan fingerprint density at radius 3 is 2.52 bits per heavy atom. The zero-order valence-electron chi connectivity index (χ0n) is 11.1. The van der Waals surface area contributed by atoms with Gasteiger partial charge in [-0.25, -0.2) is 4.39 Å². The van der Waals surface area contributed by atoms with Gasteiger partial charge in [0.1, 0.15) is 5.75 Å². The molecule has 2 aromatic carbocycles. The number of nitrogens with zero attached hydrogens (tertiary/aromatic N) is 1. The Morgan fingerprint density at radius 1 is 1.14 bits per heavy atom. The van der Waals surface area contributed by atoms with Crippen molar-refractivity contribution < 1.29 is 9.13 Å². The van der Waals surface area contributed by atoms with Crippen molar-refractivity contribution in [1.82, 2.24) is 4.57 Å². The summed E-state index contributed by atoms with van der Waals surface area (Å²) in [5.41, 5.74) is 0.234. The number of pyridine rings is 1. The number of halogens is 2. The van der Waals surface area contributed by atoms with Crippen molar-refractivity contribution in [2.75, 3.05) is 7.11 Å². The number of rotatable bonds is 2. The molecule has 0 saturated heterocycles. The van der Waals surface area contributed by atoms with Gasteiger partial charge in [-0.2, -0.15) is 0 Å². The molecule has 0 unspecified atom stereocenters. The lowest BCUT2D eigenvalue weighted by molar-refractivity contribution is 0.416. The number of para-hydroxylation sites is 1. The van der Waals surface area contributed by atoms with Crippen molar-refractivity contribution in [3.63, 3.8) is 0 Å². The fourth-order valence-corrected chi connectivity index (χ4v) is 2.60. The molecule has 0 bridgehead atoms. The Morgan fingerprint density at radius 2 is 1.86 bits per heavy atom. The lowest BCUT2D eigenvalue weighted by Gasteiger charge is -2.12. The molecule has 0 N–H and O–H groups in total. The predicted molar refractivity (Wildman–Crippen MR) is 83.8 cm³/mol. The number of hydrogen-bond donors (Lipinski definition) is 0. The third-order valence-electron chi connectivity index (χ3n) is 3.29. The number of fused-ring (bicyclic) bond motifs is 1. The first kappa shape index (κ1) is 13.8. The van der Waals surface area contributed by atoms with Crippen LogP contribution >= 0.6 is 15.9 Å². The van der Waals surface area contributed by atoms with Crippen LogP contribution in [0.3, 0.4) is 0 Å². The third-order valence-corrected chi connectivity index (χ3v) is 3.91. The second-order valence-electron chi connectivity index (χ2n) is 4.49. The first-order valence-electron chi connectivity index (χ1n) is 6.26. The molecule has 0 radical (unpaired) electrons. The molecule has 5 heteroatoms. The molecule has 1 heterocycles. The molecule has 1 aromatic heterocycles. The van der Waals surface area contributed by atoms with Gasteiger partial charge in [0.25, 0.3) is 5.56 Å². The van der Waals surface area contributed by atoms with E-state index in [1.165, 1.54) is 11.7 Å². The summed E-state index contributed by atoms with van der Waals surface area (Å²) < 4.78 is 21.3. The van der Waals surface area contributed by atoms with E-state index in [4.69, 9.17) is 4.74 Å². The first-order valence-corrected chi connectivity index (χ1v) is 7.05. The van der Waals surface area contributed by atoms with Crippen LogP contribution in [0.1, 0.15) is 0 Å². The van der Waals surface area contributed by atoms with E-state index in [-0.39, 0.29) is 9.86 Å². The highest BCUT2D eigenvalue weighted by atomic mass is 79.9. The Hall–Kier alpha value is -2.14. The summed E-state index contributed by atoms with van der Waals surface area (Å²) in [5, 5.41) is 0.461. The number of benzene rings is 2. The number of hydrogen-bond acceptors (Lipinski definition) is 2. The summed E-state index contributed by atoms with van der Waals surface area (Å²) >= 11 is 3.11. The van der Waals surface area contributed by atoms with Gasteiger partial charge in [0, 0.05) is 11.1 Å². The smallest absolute Gasteiger partial charge is 0.266 e. The molecule has 0 aliphatic carbocycles. The molecule has 0 aliphatic heterocycles. The summed E-state index contributed by atoms with van der Waals surface area (Å²) in [5.74, 6) is -0.138. The van der Waals surface area contributed by atoms with Gasteiger partial charge >= 0.3 is 0 Å². The SMILES string of the molecule is COc1cn(-c2ccccc2)c(=O)c2c(F)c(Br)ccc12. The molecular formula is C16H11BrFNO2. The Bertz CT molecular complexity index is 875. The minimum atomic E-state index is -0.582. The van der Waals surface area contributed by atoms with Crippen molar-refractivity contribution in [3.8, 4) is 11.4 Å². The molecule has 21 heavy (non-hydrogen) atoms. The number of ether oxygens (including phenoxy) is 1. The molecule has 0 spiro atoms. The summed E-state index contributed by atoms with van der Waals surface area (Å²) in [6.45, 7) is 0. The van der Waals surface area contributed by atoms with Crippen molar-refractivity contribution in [1.29, 1.82) is 0 Å². The molecule has 106 valence electrons. The van der Waals surface area contributed by atoms with Gasteiger partial charge in [-0.3, -0.25) is 9.36 Å². The second-order valence-corrected chi connectivity index (χ2v) is 5.35. The fraction of sp³-hybridized carbons (Fsp3) is 0.0625. The minimum absolute atomic E-state index is 0.00702. The molecule has 0 atom stereocenters. The van der Waals surface area contributed by atoms with Gasteiger partial charge in [-0.15, -0.1) is 0 Å². The normalized spacial score (nSPS) is 10.8. The molecular weight excluding hydrogens is 337 g/mol. The van der Waals surface area contributed by atoms with E-state index in [1.54, 1.807) is 30.5 Å². The van der Waals surface area contributed by atoms with Crippen molar-refractivity contribution in [3.05, 3.63) is 69.3 Å². The van der Waals surface area contributed by atoms with Crippen LogP contribution in [0.25, 0.3) is 16.5 Å². The highest BCUT2D eigenvalue weighted by Crippen LogP contribution is 2.29. The van der Waals surface area contributed by atoms with Crippen LogP contribution in [0.5, 0.6) is 5.75 Å². The number of methoxy groups -OCH3 is 1. The van der Waals surface area contributed by atoms with Gasteiger partial charge in [0.15, 0.2) is 5.82 Å². The van der Waals surface area contributed by atoms with Gasteiger partial charge in [0.05, 0.1) is 23.2 Å². The monoisotopic (exact) mass is 347 g/mol. The van der Waals surface area contributed by atoms with E-state index in [9.17, 15) is 9.18 Å². The van der Waals surface area contributed by atoms with Crippen molar-refractivity contribution in [2.45, 2.75) is 0 Å². The van der Waals surface area contributed by atoms with Crippen LogP contribution in [-0.4, -0.2) is 11.7 Å². The van der Waals surface area contributed by atoms with Crippen molar-refractivity contribution >= 4 is 26.7 Å². The topological polar surface area (TPSA) is 31.2 Å². The van der Waals surface area contributed by atoms with Crippen LogP contribution in [0.2, 0.25) is 0 Å². The van der Waals surface area contributed by atoms with Gasteiger partial charge < -0.3 is 4.74 Å². The lowest BCUT2D eigenvalue weighted by atomic mass is 10.1. The van der Waals surface area contributed by atoms with E-state index in [0.717, 1.165) is 0 Å². The Balaban J connectivity index is 2.46. The average Bonchev–Trinajstić information content (AvgIpc) is 2.52. The summed E-state index contributed by atoms with van der Waals surface area (Å²) in [4.78, 5) is 12.6. The van der Waals surface area contributed by atoms with Crippen LogP contribution in [0.15, 0.2) is 57.9 Å². The third kappa shape index (κ3) is 2.23. The zero-order valence-corrected chi connectivity index (χ0v) is 12.7. The highest BCUT2D eigenvalue weighted by molar-refractivity contribution is 9.10. The van der Waals surface area contributed by atoms with Gasteiger partial charge in [-0.1, -0.05) is 18.2 Å². The maximum Gasteiger partial charge on any atom is 0.266 e. The summed E-state index contributed by atoms with van der Waals surface area (Å²) in [7, 11) is 1.49. The van der Waals surface area contributed by atoms with E-state index < -0.39 is 11.4 Å². The van der Waals surface area contributed by atoms with E-state index in [1.807, 2.05) is 18.2 Å². The van der Waals surface area contributed by atoms with Crippen molar-refractivity contribution in [2.24, 2.45) is 0 Å². The van der Waals surface area contributed by atoms with E-state index in [2.05, 4.69) is 15.9 Å². The fourth-order valence-electron chi connectivity index (χ4n) is 2.27. The molecule has 0 amide bonds. The second kappa shape index (κ2) is 5.33. The summed E-state index contributed by atoms with van der Waals surface area (Å²) in [6.07, 6.45) is 1.58. The van der Waals surface area contributed by atoms with Crippen LogP contribution in [0.4, 0.5) is 4.39 Å². The van der Waals surface area contributed by atoms with Crippen LogP contribution in [0, 0.1) is 5.82 Å². The average molecular weight is 348 g/mol. The molecule has 3 rings (SSSR count). The lowest BCUT2D eigenvalue weighted by Crippen LogP contribution is -2.19.